The van der Waals surface area contributed by atoms with Crippen molar-refractivity contribution in [2.75, 3.05) is 0 Å². The number of Topliss-reactive ketones (excluding diaryl/α,β-unsaturated/α-hetero) is 1. The van der Waals surface area contributed by atoms with E-state index in [2.05, 4.69) is 5.32 Å². The van der Waals surface area contributed by atoms with Crippen LogP contribution in [-0.4, -0.2) is 23.4 Å². The van der Waals surface area contributed by atoms with Crippen LogP contribution in [0, 0.1) is 5.41 Å². The minimum Gasteiger partial charge on any atom is -0.459 e. The fourth-order valence-electron chi connectivity index (χ4n) is 5.90. The van der Waals surface area contributed by atoms with Gasteiger partial charge in [0.15, 0.2) is 5.78 Å². The highest BCUT2D eigenvalue weighted by Crippen LogP contribution is 2.59. The van der Waals surface area contributed by atoms with Crippen molar-refractivity contribution in [3.8, 4) is 0 Å². The molecule has 2 aliphatic rings. The van der Waals surface area contributed by atoms with Gasteiger partial charge in [0.25, 0.3) is 0 Å². The maximum atomic E-state index is 14.5. The van der Waals surface area contributed by atoms with Crippen LogP contribution < -0.4 is 5.32 Å². The molecule has 0 unspecified atom stereocenters. The largest absolute Gasteiger partial charge is 0.459 e. The number of rotatable bonds is 3. The van der Waals surface area contributed by atoms with Gasteiger partial charge in [-0.2, -0.15) is 0 Å². The van der Waals surface area contributed by atoms with Crippen molar-refractivity contribution >= 4 is 11.8 Å². The van der Waals surface area contributed by atoms with Gasteiger partial charge in [0.1, 0.15) is 11.6 Å². The van der Waals surface area contributed by atoms with Crippen LogP contribution in [0.3, 0.4) is 0 Å². The van der Waals surface area contributed by atoms with Gasteiger partial charge in [-0.3, -0.25) is 14.9 Å². The Hall–Kier alpha value is -3.24. The van der Waals surface area contributed by atoms with Gasteiger partial charge in [-0.05, 0) is 50.3 Å². The van der Waals surface area contributed by atoms with Gasteiger partial charge in [-0.25, -0.2) is 0 Å². The molecular formula is C30H31NO3. The average molecular weight is 454 g/mol. The van der Waals surface area contributed by atoms with E-state index in [1.807, 2.05) is 106 Å². The molecule has 1 aliphatic heterocycles. The summed E-state index contributed by atoms with van der Waals surface area (Å²) in [5.41, 5.74) is 2.42. The highest BCUT2D eigenvalue weighted by atomic mass is 16.6. The summed E-state index contributed by atoms with van der Waals surface area (Å²) in [5, 5.41) is 3.60. The summed E-state index contributed by atoms with van der Waals surface area (Å²) in [7, 11) is 0. The molecular weight excluding hydrogens is 422 g/mol. The molecule has 1 spiro atoms. The molecule has 1 aliphatic carbocycles. The van der Waals surface area contributed by atoms with Crippen LogP contribution in [0.25, 0.3) is 0 Å². The number of ether oxygens (including phenoxy) is 1. The quantitative estimate of drug-likeness (QED) is 0.522. The first-order valence-corrected chi connectivity index (χ1v) is 12.0. The van der Waals surface area contributed by atoms with E-state index in [1.54, 1.807) is 0 Å². The van der Waals surface area contributed by atoms with Gasteiger partial charge in [-0.15, -0.1) is 0 Å². The zero-order valence-electron chi connectivity index (χ0n) is 20.0. The maximum absolute atomic E-state index is 14.5. The van der Waals surface area contributed by atoms with E-state index < -0.39 is 17.1 Å². The number of nitrogens with one attached hydrogen (secondary N) is 1. The van der Waals surface area contributed by atoms with Crippen LogP contribution >= 0.6 is 0 Å². The van der Waals surface area contributed by atoms with Crippen LogP contribution in [0.5, 0.6) is 0 Å². The molecule has 4 heteroatoms. The van der Waals surface area contributed by atoms with Crippen molar-refractivity contribution in [2.45, 2.75) is 57.2 Å². The minimum absolute atomic E-state index is 0.107. The van der Waals surface area contributed by atoms with E-state index >= 15 is 0 Å². The first-order valence-electron chi connectivity index (χ1n) is 12.0. The number of esters is 1. The van der Waals surface area contributed by atoms with Crippen LogP contribution in [0.15, 0.2) is 84.9 Å². The predicted octanol–water partition coefficient (Wildman–Crippen LogP) is 5.64. The minimum atomic E-state index is -0.807. The Morgan fingerprint density at radius 1 is 0.882 bits per heavy atom. The molecule has 4 nitrogen and oxygen atoms in total. The molecule has 1 saturated heterocycles. The van der Waals surface area contributed by atoms with Gasteiger partial charge >= 0.3 is 5.97 Å². The first kappa shape index (κ1) is 22.5. The fraction of sp³-hybridized carbons (Fsp3) is 0.333. The van der Waals surface area contributed by atoms with Gasteiger partial charge < -0.3 is 4.74 Å². The Bertz CT molecular complexity index is 1200. The molecule has 0 aromatic heterocycles. The molecule has 174 valence electrons. The molecule has 3 aromatic carbocycles. The molecule has 1 fully saturated rings. The molecule has 0 bridgehead atoms. The van der Waals surface area contributed by atoms with Crippen molar-refractivity contribution in [2.24, 2.45) is 5.41 Å². The van der Waals surface area contributed by atoms with Crippen molar-refractivity contribution in [3.63, 3.8) is 0 Å². The molecule has 1 N–H and O–H groups in total. The third-order valence-electron chi connectivity index (χ3n) is 7.19. The van der Waals surface area contributed by atoms with Crippen LogP contribution in [0.4, 0.5) is 0 Å². The number of ketones is 1. The lowest BCUT2D eigenvalue weighted by Crippen LogP contribution is -2.45. The first-order chi connectivity index (χ1) is 16.3. The molecule has 5 rings (SSSR count). The zero-order valence-corrected chi connectivity index (χ0v) is 20.0. The number of hydrogen-bond acceptors (Lipinski definition) is 4. The van der Waals surface area contributed by atoms with E-state index in [1.165, 1.54) is 0 Å². The summed E-state index contributed by atoms with van der Waals surface area (Å²) in [4.78, 5) is 28.1. The summed E-state index contributed by atoms with van der Waals surface area (Å²) >= 11 is 0. The van der Waals surface area contributed by atoms with E-state index in [0.717, 1.165) is 28.7 Å². The topological polar surface area (TPSA) is 55.4 Å². The number of hydrogen-bond donors (Lipinski definition) is 1. The van der Waals surface area contributed by atoms with E-state index in [4.69, 9.17) is 4.74 Å². The highest BCUT2D eigenvalue weighted by Gasteiger charge is 2.63. The highest BCUT2D eigenvalue weighted by molar-refractivity contribution is 6.05. The van der Waals surface area contributed by atoms with Crippen LogP contribution in [0.2, 0.25) is 0 Å². The Labute approximate surface area is 201 Å². The fourth-order valence-corrected chi connectivity index (χ4v) is 5.90. The van der Waals surface area contributed by atoms with Crippen molar-refractivity contribution in [1.29, 1.82) is 0 Å². The normalized spacial score (nSPS) is 26.3. The molecule has 4 atom stereocenters. The second-order valence-corrected chi connectivity index (χ2v) is 10.4. The van der Waals surface area contributed by atoms with E-state index in [-0.39, 0.29) is 23.7 Å². The van der Waals surface area contributed by atoms with Crippen molar-refractivity contribution in [1.82, 2.24) is 5.32 Å². The van der Waals surface area contributed by atoms with Crippen LogP contribution in [0.1, 0.15) is 66.2 Å². The standard InChI is InChI=1S/C30H31NO3/c1-29(2,3)34-28(33)25-24(21-13-6-4-7-14-21)30(26(31-25)22-15-8-5-9-16-22)19-18-20-12-10-11-17-23(20)27(30)32/h4-17,24-26,31H,18-19H2,1-3H3/t24-,25+,26+,30+/m1/s1. The Morgan fingerprint density at radius 2 is 1.47 bits per heavy atom. The number of benzene rings is 3. The molecule has 1 heterocycles. The third-order valence-corrected chi connectivity index (χ3v) is 7.19. The summed E-state index contributed by atoms with van der Waals surface area (Å²) in [6, 6.07) is 27.0. The number of fused-ring (bicyclic) bond motifs is 1. The van der Waals surface area contributed by atoms with Crippen LogP contribution in [-0.2, 0) is 16.0 Å². The zero-order chi connectivity index (χ0) is 23.9. The molecule has 0 radical (unpaired) electrons. The predicted molar refractivity (Wildman–Crippen MR) is 133 cm³/mol. The van der Waals surface area contributed by atoms with Gasteiger partial charge in [0, 0.05) is 17.5 Å². The molecule has 0 saturated carbocycles. The second kappa shape index (κ2) is 8.52. The SMILES string of the molecule is CC(C)(C)OC(=O)[C@H]1N[C@@H](c2ccccc2)[C@]2(CCc3ccccc3C2=O)[C@@H]1c1ccccc1. The van der Waals surface area contributed by atoms with Gasteiger partial charge in [0.2, 0.25) is 0 Å². The number of aryl methyl sites for hydroxylation is 1. The number of carbonyl (C=O) groups is 2. The Balaban J connectivity index is 1.72. The van der Waals surface area contributed by atoms with E-state index in [0.29, 0.717) is 6.42 Å². The lowest BCUT2D eigenvalue weighted by Gasteiger charge is -2.42. The Kier molecular flexibility index (Phi) is 5.65. The van der Waals surface area contributed by atoms with Gasteiger partial charge in [0.05, 0.1) is 5.41 Å². The molecule has 0 amide bonds. The van der Waals surface area contributed by atoms with E-state index in [9.17, 15) is 9.59 Å². The Morgan fingerprint density at radius 3 is 2.12 bits per heavy atom. The lowest BCUT2D eigenvalue weighted by molar-refractivity contribution is -0.157. The smallest absolute Gasteiger partial charge is 0.324 e. The second-order valence-electron chi connectivity index (χ2n) is 10.4. The number of carbonyl (C=O) groups excluding carboxylic acids is 2. The maximum Gasteiger partial charge on any atom is 0.324 e. The van der Waals surface area contributed by atoms with Crippen molar-refractivity contribution < 1.29 is 14.3 Å². The molecule has 3 aromatic rings. The summed E-state index contributed by atoms with van der Waals surface area (Å²) in [6.45, 7) is 5.64. The van der Waals surface area contributed by atoms with Crippen molar-refractivity contribution in [3.05, 3.63) is 107 Å². The lowest BCUT2D eigenvalue weighted by atomic mass is 9.58. The van der Waals surface area contributed by atoms with Gasteiger partial charge in [-0.1, -0.05) is 84.9 Å². The monoisotopic (exact) mass is 453 g/mol. The summed E-state index contributed by atoms with van der Waals surface area (Å²) in [5.74, 6) is -0.559. The third kappa shape index (κ3) is 3.76. The molecule has 34 heavy (non-hydrogen) atoms. The summed E-state index contributed by atoms with van der Waals surface area (Å²) in [6.07, 6.45) is 1.45. The summed E-state index contributed by atoms with van der Waals surface area (Å²) < 4.78 is 5.88. The average Bonchev–Trinajstić information content (AvgIpc) is 3.18.